The average molecular weight is 552 g/mol. The summed E-state index contributed by atoms with van der Waals surface area (Å²) >= 11 is 0. The predicted octanol–water partition coefficient (Wildman–Crippen LogP) is 4.68. The van der Waals surface area contributed by atoms with Crippen molar-refractivity contribution in [2.24, 2.45) is 5.92 Å². The van der Waals surface area contributed by atoms with Crippen LogP contribution in [0.2, 0.25) is 0 Å². The van der Waals surface area contributed by atoms with Gasteiger partial charge in [0.15, 0.2) is 0 Å². The minimum Gasteiger partial charge on any atom is -0.382 e. The van der Waals surface area contributed by atoms with E-state index in [4.69, 9.17) is 0 Å². The summed E-state index contributed by atoms with van der Waals surface area (Å²) in [5.41, 5.74) is 0.169. The molecule has 1 aliphatic carbocycles. The molecule has 200 valence electrons. The smallest absolute Gasteiger partial charge is 0.382 e. The van der Waals surface area contributed by atoms with Crippen LogP contribution >= 0.6 is 0 Å². The molecule has 2 aromatic heterocycles. The molecule has 2 saturated heterocycles. The quantitative estimate of drug-likeness (QED) is 0.429. The molecule has 6 rings (SSSR count). The van der Waals surface area contributed by atoms with Crippen LogP contribution in [0.3, 0.4) is 0 Å². The van der Waals surface area contributed by atoms with Crippen molar-refractivity contribution in [3.05, 3.63) is 84.4 Å². The zero-order chi connectivity index (χ0) is 27.5. The number of rotatable bonds is 7. The van der Waals surface area contributed by atoms with E-state index in [1.807, 2.05) is 6.92 Å². The predicted molar refractivity (Wildman–Crippen MR) is 127 cm³/mol. The van der Waals surface area contributed by atoms with Gasteiger partial charge >= 0.3 is 6.18 Å². The van der Waals surface area contributed by atoms with Crippen molar-refractivity contribution in [2.75, 3.05) is 0 Å². The van der Waals surface area contributed by atoms with Gasteiger partial charge in [-0.3, -0.25) is 4.98 Å². The number of alkyl halides is 3. The summed E-state index contributed by atoms with van der Waals surface area (Å²) in [5.74, 6) is -2.61. The Morgan fingerprint density at radius 1 is 1.11 bits per heavy atom. The lowest BCUT2D eigenvalue weighted by molar-refractivity contribution is -0.144. The van der Waals surface area contributed by atoms with Crippen LogP contribution in [-0.2, 0) is 22.7 Å². The van der Waals surface area contributed by atoms with Gasteiger partial charge in [-0.1, -0.05) is 6.58 Å². The lowest BCUT2D eigenvalue weighted by atomic mass is 9.73. The molecular formula is C25H22F5N5O2S. The van der Waals surface area contributed by atoms with Crippen molar-refractivity contribution in [1.82, 2.24) is 24.6 Å². The van der Waals surface area contributed by atoms with E-state index in [0.29, 0.717) is 24.2 Å². The van der Waals surface area contributed by atoms with E-state index in [1.165, 1.54) is 22.5 Å². The minimum absolute atomic E-state index is 0.0194. The number of benzene rings is 1. The van der Waals surface area contributed by atoms with Crippen LogP contribution in [0.4, 0.5) is 22.0 Å². The Labute approximate surface area is 215 Å². The summed E-state index contributed by atoms with van der Waals surface area (Å²) < 4.78 is 94.5. The van der Waals surface area contributed by atoms with Crippen LogP contribution in [0.25, 0.3) is 11.1 Å². The van der Waals surface area contributed by atoms with Crippen LogP contribution in [-0.4, -0.2) is 39.3 Å². The lowest BCUT2D eigenvalue weighted by Gasteiger charge is -2.38. The van der Waals surface area contributed by atoms with Crippen molar-refractivity contribution in [3.63, 3.8) is 0 Å². The number of halogens is 5. The standard InChI is InChI=1S/C25H22F5N5O2S/c1-14(22-15-8-24(2,9-15)35(22)38(36,37)19-5-3-17(26)4-6-19)31-12-18-7-20(21(27)13-32-18)16-10-33-23(34-11-16)25(28,29)30/h3-7,10-11,13,15,22,31H,1,8-9,12H2,2H3. The fourth-order valence-electron chi connectivity index (χ4n) is 5.31. The topological polar surface area (TPSA) is 88.1 Å². The summed E-state index contributed by atoms with van der Waals surface area (Å²) in [6.07, 6.45) is -0.729. The Balaban J connectivity index is 1.34. The van der Waals surface area contributed by atoms with Gasteiger partial charge in [0, 0.05) is 34.8 Å². The number of fused-ring (bicyclic) bond motifs is 1. The molecule has 1 unspecified atom stereocenters. The molecule has 3 aliphatic rings. The molecule has 3 fully saturated rings. The summed E-state index contributed by atoms with van der Waals surface area (Å²) in [6.45, 7) is 5.97. The molecule has 4 heterocycles. The van der Waals surface area contributed by atoms with Crippen molar-refractivity contribution < 1.29 is 30.4 Å². The van der Waals surface area contributed by atoms with E-state index < -0.39 is 45.2 Å². The molecule has 2 aliphatic heterocycles. The highest BCUT2D eigenvalue weighted by Crippen LogP contribution is 2.57. The maximum atomic E-state index is 14.4. The molecule has 0 spiro atoms. The molecule has 1 atom stereocenters. The molecule has 38 heavy (non-hydrogen) atoms. The Hall–Kier alpha value is -3.45. The van der Waals surface area contributed by atoms with Crippen molar-refractivity contribution >= 4 is 10.0 Å². The second kappa shape index (κ2) is 9.09. The summed E-state index contributed by atoms with van der Waals surface area (Å²) in [4.78, 5) is 10.5. The van der Waals surface area contributed by atoms with Gasteiger partial charge in [0.25, 0.3) is 0 Å². The SMILES string of the molecule is C=C(NCc1cc(-c2cnc(C(F)(F)F)nc2)c(F)cn1)C1C2CC(C)(C2)N1S(=O)(=O)c1ccc(F)cc1. The fourth-order valence-corrected chi connectivity index (χ4v) is 7.34. The Morgan fingerprint density at radius 3 is 2.34 bits per heavy atom. The van der Waals surface area contributed by atoms with E-state index in [2.05, 4.69) is 26.8 Å². The average Bonchev–Trinajstić information content (AvgIpc) is 3.32. The first-order valence-electron chi connectivity index (χ1n) is 11.6. The van der Waals surface area contributed by atoms with Gasteiger partial charge in [-0.2, -0.15) is 17.5 Å². The Kier molecular flexibility index (Phi) is 6.26. The van der Waals surface area contributed by atoms with Gasteiger partial charge < -0.3 is 5.32 Å². The third kappa shape index (κ3) is 4.53. The third-order valence-corrected chi connectivity index (χ3v) is 9.04. The van der Waals surface area contributed by atoms with E-state index >= 15 is 0 Å². The largest absolute Gasteiger partial charge is 0.451 e. The molecule has 1 aromatic carbocycles. The molecule has 13 heteroatoms. The van der Waals surface area contributed by atoms with Crippen LogP contribution in [0.15, 0.2) is 66.1 Å². The van der Waals surface area contributed by atoms with E-state index in [9.17, 15) is 30.4 Å². The monoisotopic (exact) mass is 551 g/mol. The van der Waals surface area contributed by atoms with E-state index in [-0.39, 0.29) is 28.5 Å². The number of nitrogens with zero attached hydrogens (tertiary/aromatic N) is 4. The van der Waals surface area contributed by atoms with Crippen LogP contribution in [0.1, 0.15) is 31.3 Å². The van der Waals surface area contributed by atoms with Crippen molar-refractivity contribution in [1.29, 1.82) is 0 Å². The first-order chi connectivity index (χ1) is 17.8. The first-order valence-corrected chi connectivity index (χ1v) is 13.0. The highest BCUT2D eigenvalue weighted by Gasteiger charge is 2.63. The van der Waals surface area contributed by atoms with Gasteiger partial charge in [0.2, 0.25) is 15.8 Å². The van der Waals surface area contributed by atoms with Gasteiger partial charge in [0.1, 0.15) is 11.6 Å². The Morgan fingerprint density at radius 2 is 1.74 bits per heavy atom. The summed E-state index contributed by atoms with van der Waals surface area (Å²) in [7, 11) is -3.95. The van der Waals surface area contributed by atoms with Gasteiger partial charge in [0.05, 0.1) is 29.4 Å². The number of hydrogen-bond donors (Lipinski definition) is 1. The maximum Gasteiger partial charge on any atom is 0.451 e. The van der Waals surface area contributed by atoms with E-state index in [0.717, 1.165) is 30.7 Å². The lowest BCUT2D eigenvalue weighted by Crippen LogP contribution is -2.47. The van der Waals surface area contributed by atoms with Crippen LogP contribution < -0.4 is 5.32 Å². The van der Waals surface area contributed by atoms with Gasteiger partial charge in [-0.25, -0.2) is 27.2 Å². The normalized spacial score (nSPS) is 23.2. The summed E-state index contributed by atoms with van der Waals surface area (Å²) in [6, 6.07) is 5.44. The van der Waals surface area contributed by atoms with Crippen LogP contribution in [0, 0.1) is 17.6 Å². The maximum absolute atomic E-state index is 14.4. The molecule has 0 amide bonds. The number of sulfonamides is 1. The minimum atomic E-state index is -4.72. The number of pyridine rings is 1. The van der Waals surface area contributed by atoms with Gasteiger partial charge in [-0.05, 0) is 56.0 Å². The zero-order valence-electron chi connectivity index (χ0n) is 20.0. The van der Waals surface area contributed by atoms with Crippen molar-refractivity contribution in [2.45, 2.75) is 49.0 Å². The second-order valence-corrected chi connectivity index (χ2v) is 11.5. The Bertz CT molecular complexity index is 1490. The molecule has 7 nitrogen and oxygen atoms in total. The third-order valence-electron chi connectivity index (χ3n) is 6.99. The molecule has 1 saturated carbocycles. The first kappa shape index (κ1) is 26.2. The highest BCUT2D eigenvalue weighted by atomic mass is 32.2. The zero-order valence-corrected chi connectivity index (χ0v) is 20.8. The number of hydrogen-bond acceptors (Lipinski definition) is 6. The van der Waals surface area contributed by atoms with Gasteiger partial charge in [-0.15, -0.1) is 0 Å². The number of aromatic nitrogens is 3. The molecule has 2 bridgehead atoms. The second-order valence-electron chi connectivity index (χ2n) is 9.69. The highest BCUT2D eigenvalue weighted by molar-refractivity contribution is 7.89. The van der Waals surface area contributed by atoms with Crippen LogP contribution in [0.5, 0.6) is 0 Å². The summed E-state index contributed by atoms with van der Waals surface area (Å²) in [5, 5.41) is 3.08. The fraction of sp³-hybridized carbons (Fsp3) is 0.320. The molecule has 0 radical (unpaired) electrons. The van der Waals surface area contributed by atoms with Crippen molar-refractivity contribution in [3.8, 4) is 11.1 Å². The molecule has 3 aromatic rings. The number of nitrogens with one attached hydrogen (secondary N) is 1. The molecule has 1 N–H and O–H groups in total. The molecular weight excluding hydrogens is 529 g/mol. The van der Waals surface area contributed by atoms with E-state index in [1.54, 1.807) is 0 Å².